The Balaban J connectivity index is 1.81. The standard InChI is InChI=1S/C16H15F4N3O/c17-14-4-3-11(8-13(14)16(18,19)20)15(24)22-6-1-2-12(9-22)23-7-5-21-10-23/h3-5,7-8,10,12H,1-2,6,9H2. The second kappa shape index (κ2) is 6.26. The fraction of sp³-hybridized carbons (Fsp3) is 0.375. The minimum absolute atomic E-state index is 0.0349. The van der Waals surface area contributed by atoms with Crippen molar-refractivity contribution in [2.75, 3.05) is 13.1 Å². The molecule has 8 heteroatoms. The second-order valence-electron chi connectivity index (χ2n) is 5.75. The molecule has 0 saturated carbocycles. The van der Waals surface area contributed by atoms with Crippen molar-refractivity contribution in [3.63, 3.8) is 0 Å². The number of carbonyl (C=O) groups excluding carboxylic acids is 1. The minimum Gasteiger partial charge on any atom is -0.337 e. The van der Waals surface area contributed by atoms with E-state index in [9.17, 15) is 22.4 Å². The van der Waals surface area contributed by atoms with Gasteiger partial charge in [0.2, 0.25) is 0 Å². The minimum atomic E-state index is -4.83. The zero-order valence-corrected chi connectivity index (χ0v) is 12.6. The van der Waals surface area contributed by atoms with Gasteiger partial charge in [-0.25, -0.2) is 9.37 Å². The highest BCUT2D eigenvalue weighted by Crippen LogP contribution is 2.32. The maximum Gasteiger partial charge on any atom is 0.419 e. The van der Waals surface area contributed by atoms with E-state index in [1.165, 1.54) is 4.90 Å². The lowest BCUT2D eigenvalue weighted by atomic mass is 10.0. The van der Waals surface area contributed by atoms with Gasteiger partial charge in [0, 0.05) is 31.0 Å². The quantitative estimate of drug-likeness (QED) is 0.784. The summed E-state index contributed by atoms with van der Waals surface area (Å²) in [6.07, 6.45) is 1.84. The lowest BCUT2D eigenvalue weighted by molar-refractivity contribution is -0.140. The Hall–Kier alpha value is -2.38. The predicted molar refractivity (Wildman–Crippen MR) is 77.8 cm³/mol. The smallest absolute Gasteiger partial charge is 0.337 e. The molecule has 1 fully saturated rings. The summed E-state index contributed by atoms with van der Waals surface area (Å²) in [5, 5.41) is 0. The predicted octanol–water partition coefficient (Wildman–Crippen LogP) is 3.52. The first-order chi connectivity index (χ1) is 11.4. The molecule has 1 aromatic heterocycles. The molecule has 2 aromatic rings. The Labute approximate surface area is 135 Å². The summed E-state index contributed by atoms with van der Waals surface area (Å²) in [6, 6.07) is 2.40. The van der Waals surface area contributed by atoms with Crippen LogP contribution in [0.1, 0.15) is 34.8 Å². The molecular weight excluding hydrogens is 326 g/mol. The topological polar surface area (TPSA) is 38.1 Å². The van der Waals surface area contributed by atoms with Crippen LogP contribution in [0.5, 0.6) is 0 Å². The highest BCUT2D eigenvalue weighted by Gasteiger charge is 2.35. The summed E-state index contributed by atoms with van der Waals surface area (Å²) < 4.78 is 53.7. The lowest BCUT2D eigenvalue weighted by Crippen LogP contribution is -2.40. The number of likely N-dealkylation sites (tertiary alicyclic amines) is 1. The number of aromatic nitrogens is 2. The van der Waals surface area contributed by atoms with Crippen molar-refractivity contribution in [1.82, 2.24) is 14.5 Å². The first kappa shape index (κ1) is 16.5. The van der Waals surface area contributed by atoms with Crippen LogP contribution in [0.3, 0.4) is 0 Å². The molecule has 0 N–H and O–H groups in total. The van der Waals surface area contributed by atoms with Crippen LogP contribution < -0.4 is 0 Å². The molecule has 1 saturated heterocycles. The Kier molecular flexibility index (Phi) is 4.29. The maximum absolute atomic E-state index is 13.4. The number of benzene rings is 1. The molecule has 1 aliphatic heterocycles. The first-order valence-corrected chi connectivity index (χ1v) is 7.49. The Morgan fingerprint density at radius 1 is 1.29 bits per heavy atom. The van der Waals surface area contributed by atoms with Gasteiger partial charge in [0.05, 0.1) is 17.9 Å². The molecule has 1 unspecified atom stereocenters. The number of carbonyl (C=O) groups is 1. The van der Waals surface area contributed by atoms with Gasteiger partial charge in [0.15, 0.2) is 0 Å². The molecule has 1 amide bonds. The average Bonchev–Trinajstić information content (AvgIpc) is 3.08. The van der Waals surface area contributed by atoms with Gasteiger partial charge in [0.25, 0.3) is 5.91 Å². The normalized spacial score (nSPS) is 18.7. The number of imidazole rings is 1. The van der Waals surface area contributed by atoms with E-state index in [0.717, 1.165) is 18.9 Å². The van der Waals surface area contributed by atoms with Crippen LogP contribution in [-0.2, 0) is 6.18 Å². The van der Waals surface area contributed by atoms with Crippen LogP contribution in [0.25, 0.3) is 0 Å². The van der Waals surface area contributed by atoms with E-state index in [0.29, 0.717) is 25.2 Å². The molecule has 0 radical (unpaired) electrons. The molecule has 1 atom stereocenters. The fourth-order valence-electron chi connectivity index (χ4n) is 2.93. The van der Waals surface area contributed by atoms with Gasteiger partial charge < -0.3 is 9.47 Å². The van der Waals surface area contributed by atoms with E-state index >= 15 is 0 Å². The zero-order chi connectivity index (χ0) is 17.3. The molecule has 24 heavy (non-hydrogen) atoms. The molecule has 0 bridgehead atoms. The molecule has 128 valence electrons. The number of piperidine rings is 1. The van der Waals surface area contributed by atoms with Crippen LogP contribution in [0.15, 0.2) is 36.9 Å². The van der Waals surface area contributed by atoms with Crippen molar-refractivity contribution in [2.24, 2.45) is 0 Å². The van der Waals surface area contributed by atoms with Crippen LogP contribution in [-0.4, -0.2) is 33.4 Å². The summed E-state index contributed by atoms with van der Waals surface area (Å²) in [4.78, 5) is 18.0. The number of alkyl halides is 3. The van der Waals surface area contributed by atoms with Gasteiger partial charge in [-0.15, -0.1) is 0 Å². The second-order valence-corrected chi connectivity index (χ2v) is 5.75. The number of hydrogen-bond acceptors (Lipinski definition) is 2. The monoisotopic (exact) mass is 341 g/mol. The number of nitrogens with zero attached hydrogens (tertiary/aromatic N) is 3. The van der Waals surface area contributed by atoms with E-state index in [4.69, 9.17) is 0 Å². The summed E-state index contributed by atoms with van der Waals surface area (Å²) in [6.45, 7) is 0.844. The largest absolute Gasteiger partial charge is 0.419 e. The molecule has 2 heterocycles. The third-order valence-electron chi connectivity index (χ3n) is 4.15. The summed E-state index contributed by atoms with van der Waals surface area (Å²) in [7, 11) is 0. The maximum atomic E-state index is 13.4. The third kappa shape index (κ3) is 3.27. The number of hydrogen-bond donors (Lipinski definition) is 0. The Bertz CT molecular complexity index is 727. The van der Waals surface area contributed by atoms with Crippen molar-refractivity contribution in [1.29, 1.82) is 0 Å². The highest BCUT2D eigenvalue weighted by molar-refractivity contribution is 5.94. The van der Waals surface area contributed by atoms with Crippen molar-refractivity contribution < 1.29 is 22.4 Å². The molecule has 4 nitrogen and oxygen atoms in total. The van der Waals surface area contributed by atoms with Gasteiger partial charge in [-0.05, 0) is 31.0 Å². The van der Waals surface area contributed by atoms with E-state index in [2.05, 4.69) is 4.98 Å². The van der Waals surface area contributed by atoms with Crippen LogP contribution >= 0.6 is 0 Å². The van der Waals surface area contributed by atoms with Gasteiger partial charge >= 0.3 is 6.18 Å². The molecule has 0 spiro atoms. The SMILES string of the molecule is O=C(c1ccc(F)c(C(F)(F)F)c1)N1CCCC(n2ccnc2)C1. The van der Waals surface area contributed by atoms with Gasteiger partial charge in [-0.2, -0.15) is 13.2 Å². The molecule has 3 rings (SSSR count). The number of amides is 1. The third-order valence-corrected chi connectivity index (χ3v) is 4.15. The van der Waals surface area contributed by atoms with Crippen molar-refractivity contribution in [2.45, 2.75) is 25.1 Å². The van der Waals surface area contributed by atoms with Crippen molar-refractivity contribution in [3.8, 4) is 0 Å². The molecular formula is C16H15F4N3O. The van der Waals surface area contributed by atoms with Crippen LogP contribution in [0.4, 0.5) is 17.6 Å². The van der Waals surface area contributed by atoms with Gasteiger partial charge in [-0.1, -0.05) is 0 Å². The molecule has 1 aromatic carbocycles. The lowest BCUT2D eigenvalue weighted by Gasteiger charge is -2.33. The molecule has 1 aliphatic rings. The van der Waals surface area contributed by atoms with Crippen molar-refractivity contribution in [3.05, 3.63) is 53.9 Å². The van der Waals surface area contributed by atoms with Gasteiger partial charge in [0.1, 0.15) is 5.82 Å². The van der Waals surface area contributed by atoms with E-state index < -0.39 is 23.5 Å². The summed E-state index contributed by atoms with van der Waals surface area (Å²) in [5.74, 6) is -1.90. The summed E-state index contributed by atoms with van der Waals surface area (Å²) >= 11 is 0. The van der Waals surface area contributed by atoms with Crippen LogP contribution in [0, 0.1) is 5.82 Å². The van der Waals surface area contributed by atoms with Crippen molar-refractivity contribution >= 4 is 5.91 Å². The zero-order valence-electron chi connectivity index (χ0n) is 12.6. The van der Waals surface area contributed by atoms with Gasteiger partial charge in [-0.3, -0.25) is 4.79 Å². The average molecular weight is 341 g/mol. The van der Waals surface area contributed by atoms with E-state index in [-0.39, 0.29) is 11.6 Å². The van der Waals surface area contributed by atoms with Crippen LogP contribution in [0.2, 0.25) is 0 Å². The summed E-state index contributed by atoms with van der Waals surface area (Å²) in [5.41, 5.74) is -1.58. The number of rotatable bonds is 2. The highest BCUT2D eigenvalue weighted by atomic mass is 19.4. The first-order valence-electron chi connectivity index (χ1n) is 7.49. The van der Waals surface area contributed by atoms with E-state index in [1.54, 1.807) is 18.7 Å². The molecule has 0 aliphatic carbocycles. The Morgan fingerprint density at radius 3 is 2.75 bits per heavy atom. The Morgan fingerprint density at radius 2 is 2.08 bits per heavy atom. The number of halogens is 4. The fourth-order valence-corrected chi connectivity index (χ4v) is 2.93. The van der Waals surface area contributed by atoms with E-state index in [1.807, 2.05) is 4.57 Å².